The van der Waals surface area contributed by atoms with E-state index in [4.69, 9.17) is 9.84 Å². The molecule has 0 aliphatic heterocycles. The predicted molar refractivity (Wildman–Crippen MR) is 133 cm³/mol. The van der Waals surface area contributed by atoms with Crippen molar-refractivity contribution in [2.45, 2.75) is 38.1 Å². The molecule has 1 atom stereocenters. The van der Waals surface area contributed by atoms with E-state index in [1.165, 1.54) is 11.1 Å². The lowest BCUT2D eigenvalue weighted by Crippen LogP contribution is -2.40. The van der Waals surface area contributed by atoms with Gasteiger partial charge in [-0.25, -0.2) is 9.59 Å². The van der Waals surface area contributed by atoms with Gasteiger partial charge in [-0.15, -0.1) is 0 Å². The first-order valence-corrected chi connectivity index (χ1v) is 11.7. The van der Waals surface area contributed by atoms with E-state index in [0.29, 0.717) is 18.5 Å². The fourth-order valence-electron chi connectivity index (χ4n) is 4.42. The highest BCUT2D eigenvalue weighted by molar-refractivity contribution is 5.85. The number of ether oxygens (including phenoxy) is 1. The van der Waals surface area contributed by atoms with Crippen LogP contribution in [0.5, 0.6) is 0 Å². The first-order valence-electron chi connectivity index (χ1n) is 11.7. The lowest BCUT2D eigenvalue weighted by molar-refractivity contribution is -0.141. The Labute approximate surface area is 204 Å². The molecule has 0 saturated carbocycles. The Kier molecular flexibility index (Phi) is 7.45. The minimum Gasteiger partial charge on any atom is -0.480 e. The molecule has 1 aliphatic carbocycles. The van der Waals surface area contributed by atoms with E-state index in [-0.39, 0.29) is 24.9 Å². The summed E-state index contributed by atoms with van der Waals surface area (Å²) in [4.78, 5) is 35.7. The van der Waals surface area contributed by atoms with E-state index in [9.17, 15) is 14.4 Å². The third kappa shape index (κ3) is 5.69. The summed E-state index contributed by atoms with van der Waals surface area (Å²) < 4.78 is 5.59. The SMILES string of the molecule is CC[C@@H](NC(=O)CCc1cccc(NC(=O)OCC2c3ccccc3-c3ccccc32)c1)C(=O)O. The monoisotopic (exact) mass is 472 g/mol. The number of carbonyl (C=O) groups is 3. The van der Waals surface area contributed by atoms with E-state index < -0.39 is 18.1 Å². The second kappa shape index (κ2) is 10.9. The van der Waals surface area contributed by atoms with Crippen LogP contribution >= 0.6 is 0 Å². The number of carboxylic acids is 1. The summed E-state index contributed by atoms with van der Waals surface area (Å²) >= 11 is 0. The van der Waals surface area contributed by atoms with Crippen molar-refractivity contribution in [1.29, 1.82) is 0 Å². The van der Waals surface area contributed by atoms with Gasteiger partial charge < -0.3 is 15.2 Å². The minimum atomic E-state index is -1.05. The summed E-state index contributed by atoms with van der Waals surface area (Å²) in [6.07, 6.45) is 0.343. The van der Waals surface area contributed by atoms with Gasteiger partial charge in [0.05, 0.1) is 0 Å². The van der Waals surface area contributed by atoms with Crippen LogP contribution in [0.3, 0.4) is 0 Å². The molecule has 0 fully saturated rings. The largest absolute Gasteiger partial charge is 0.480 e. The second-order valence-corrected chi connectivity index (χ2v) is 8.52. The van der Waals surface area contributed by atoms with Crippen LogP contribution in [0.2, 0.25) is 0 Å². The molecular weight excluding hydrogens is 444 g/mol. The summed E-state index contributed by atoms with van der Waals surface area (Å²) in [6.45, 7) is 1.93. The molecule has 3 aromatic carbocycles. The van der Waals surface area contributed by atoms with Crippen LogP contribution in [-0.4, -0.2) is 35.7 Å². The van der Waals surface area contributed by atoms with Crippen LogP contribution in [0.15, 0.2) is 72.8 Å². The van der Waals surface area contributed by atoms with Crippen LogP contribution in [0, 0.1) is 0 Å². The Morgan fingerprint density at radius 2 is 1.60 bits per heavy atom. The van der Waals surface area contributed by atoms with Crippen molar-refractivity contribution in [1.82, 2.24) is 5.32 Å². The molecule has 0 bridgehead atoms. The molecule has 0 aromatic heterocycles. The van der Waals surface area contributed by atoms with E-state index in [2.05, 4.69) is 34.9 Å². The maximum atomic E-state index is 12.5. The third-order valence-electron chi connectivity index (χ3n) is 6.20. The number of anilines is 1. The highest BCUT2D eigenvalue weighted by Gasteiger charge is 2.29. The number of hydrogen-bond acceptors (Lipinski definition) is 4. The van der Waals surface area contributed by atoms with Crippen molar-refractivity contribution < 1.29 is 24.2 Å². The van der Waals surface area contributed by atoms with Crippen molar-refractivity contribution in [3.8, 4) is 11.1 Å². The molecular formula is C28H28N2O5. The number of fused-ring (bicyclic) bond motifs is 3. The predicted octanol–water partition coefficient (Wildman–Crippen LogP) is 4.96. The summed E-state index contributed by atoms with van der Waals surface area (Å²) in [5.74, 6) is -1.39. The van der Waals surface area contributed by atoms with Gasteiger partial charge in [0.1, 0.15) is 12.6 Å². The Balaban J connectivity index is 1.32. The summed E-state index contributed by atoms with van der Waals surface area (Å²) in [5, 5.41) is 14.3. The number of benzene rings is 3. The number of hydrogen-bond donors (Lipinski definition) is 3. The van der Waals surface area contributed by atoms with Crippen LogP contribution in [0.4, 0.5) is 10.5 Å². The molecule has 7 nitrogen and oxygen atoms in total. The number of amides is 2. The Bertz CT molecular complexity index is 1190. The maximum absolute atomic E-state index is 12.5. The Hall–Kier alpha value is -4.13. The van der Waals surface area contributed by atoms with Gasteiger partial charge >= 0.3 is 12.1 Å². The maximum Gasteiger partial charge on any atom is 0.411 e. The van der Waals surface area contributed by atoms with Crippen molar-refractivity contribution in [3.63, 3.8) is 0 Å². The topological polar surface area (TPSA) is 105 Å². The van der Waals surface area contributed by atoms with Gasteiger partial charge in [-0.2, -0.15) is 0 Å². The number of aryl methyl sites for hydroxylation is 1. The van der Waals surface area contributed by atoms with Crippen molar-refractivity contribution in [3.05, 3.63) is 89.5 Å². The molecule has 0 heterocycles. The number of rotatable bonds is 9. The smallest absolute Gasteiger partial charge is 0.411 e. The molecule has 4 rings (SSSR count). The standard InChI is InChI=1S/C28H28N2O5/c1-2-25(27(32)33)30-26(31)15-14-18-8-7-9-19(16-18)29-28(34)35-17-24-22-12-5-3-10-20(22)21-11-4-6-13-23(21)24/h3-13,16,24-25H,2,14-15,17H2,1H3,(H,29,34)(H,30,31)(H,32,33)/t25-/m1/s1. The molecule has 3 N–H and O–H groups in total. The highest BCUT2D eigenvalue weighted by Crippen LogP contribution is 2.44. The molecule has 0 radical (unpaired) electrons. The van der Waals surface area contributed by atoms with Crippen molar-refractivity contribution in [2.24, 2.45) is 0 Å². The number of aliphatic carboxylic acids is 1. The van der Waals surface area contributed by atoms with Crippen molar-refractivity contribution in [2.75, 3.05) is 11.9 Å². The molecule has 180 valence electrons. The molecule has 3 aromatic rings. The van der Waals surface area contributed by atoms with Gasteiger partial charge in [-0.1, -0.05) is 67.6 Å². The average Bonchev–Trinajstić information content (AvgIpc) is 3.18. The fraction of sp³-hybridized carbons (Fsp3) is 0.250. The number of carboxylic acid groups (broad SMARTS) is 1. The first-order chi connectivity index (χ1) is 17.0. The normalized spacial score (nSPS) is 12.8. The Morgan fingerprint density at radius 3 is 2.23 bits per heavy atom. The molecule has 0 spiro atoms. The number of nitrogens with one attached hydrogen (secondary N) is 2. The van der Waals surface area contributed by atoms with Gasteiger partial charge in [0.2, 0.25) is 5.91 Å². The zero-order chi connectivity index (χ0) is 24.8. The summed E-state index contributed by atoms with van der Waals surface area (Å²) in [6, 6.07) is 22.6. The third-order valence-corrected chi connectivity index (χ3v) is 6.20. The zero-order valence-electron chi connectivity index (χ0n) is 19.5. The van der Waals surface area contributed by atoms with E-state index in [1.54, 1.807) is 25.1 Å². The molecule has 0 saturated heterocycles. The van der Waals surface area contributed by atoms with Gasteiger partial charge in [0, 0.05) is 18.0 Å². The fourth-order valence-corrected chi connectivity index (χ4v) is 4.42. The van der Waals surface area contributed by atoms with Crippen LogP contribution in [0.1, 0.15) is 42.4 Å². The molecule has 35 heavy (non-hydrogen) atoms. The zero-order valence-corrected chi connectivity index (χ0v) is 19.5. The minimum absolute atomic E-state index is 0.0178. The lowest BCUT2D eigenvalue weighted by Gasteiger charge is -2.15. The Morgan fingerprint density at radius 1 is 0.943 bits per heavy atom. The second-order valence-electron chi connectivity index (χ2n) is 8.52. The molecule has 2 amide bonds. The van der Waals surface area contributed by atoms with Gasteiger partial charge in [-0.3, -0.25) is 10.1 Å². The quantitative estimate of drug-likeness (QED) is 0.408. The van der Waals surface area contributed by atoms with Gasteiger partial charge in [0.15, 0.2) is 0 Å². The summed E-state index contributed by atoms with van der Waals surface area (Å²) in [5.41, 5.74) is 6.05. The highest BCUT2D eigenvalue weighted by atomic mass is 16.5. The van der Waals surface area contributed by atoms with Crippen molar-refractivity contribution >= 4 is 23.7 Å². The van der Waals surface area contributed by atoms with Crippen LogP contribution < -0.4 is 10.6 Å². The van der Waals surface area contributed by atoms with E-state index >= 15 is 0 Å². The average molecular weight is 473 g/mol. The number of carbonyl (C=O) groups excluding carboxylic acids is 2. The lowest BCUT2D eigenvalue weighted by atomic mass is 9.98. The van der Waals surface area contributed by atoms with Gasteiger partial charge in [-0.05, 0) is 52.8 Å². The van der Waals surface area contributed by atoms with Crippen LogP contribution in [0.25, 0.3) is 11.1 Å². The molecule has 0 unspecified atom stereocenters. The summed E-state index contributed by atoms with van der Waals surface area (Å²) in [7, 11) is 0. The van der Waals surface area contributed by atoms with Gasteiger partial charge in [0.25, 0.3) is 0 Å². The molecule has 1 aliphatic rings. The van der Waals surface area contributed by atoms with E-state index in [1.807, 2.05) is 30.3 Å². The van der Waals surface area contributed by atoms with E-state index in [0.717, 1.165) is 16.7 Å². The first kappa shape index (κ1) is 24.0. The molecule has 7 heteroatoms. The van der Waals surface area contributed by atoms with Crippen LogP contribution in [-0.2, 0) is 20.7 Å².